The van der Waals surface area contributed by atoms with E-state index in [9.17, 15) is 9.59 Å². The number of cyclic esters (lactones) is 1. The van der Waals surface area contributed by atoms with Gasteiger partial charge in [0.25, 0.3) is 0 Å². The maximum atomic E-state index is 13.4. The second-order valence-electron chi connectivity index (χ2n) is 13.8. The molecule has 1 unspecified atom stereocenters. The Hall–Kier alpha value is -3.22. The van der Waals surface area contributed by atoms with Crippen molar-refractivity contribution in [2.75, 3.05) is 12.3 Å². The van der Waals surface area contributed by atoms with Crippen LogP contribution in [0.5, 0.6) is 0 Å². The second kappa shape index (κ2) is 11.9. The van der Waals surface area contributed by atoms with Gasteiger partial charge in [0, 0.05) is 5.69 Å². The van der Waals surface area contributed by atoms with Gasteiger partial charge >= 0.3 is 12.2 Å². The molecule has 3 N–H and O–H groups in total. The molecule has 2 fully saturated rings. The zero-order valence-electron chi connectivity index (χ0n) is 26.0. The van der Waals surface area contributed by atoms with Crippen LogP contribution in [0.3, 0.4) is 0 Å². The number of ether oxygens (including phenoxy) is 2. The fraction of sp³-hybridized carbons (Fsp3) is 0.588. The predicted molar refractivity (Wildman–Crippen MR) is 164 cm³/mol. The summed E-state index contributed by atoms with van der Waals surface area (Å²) in [6.07, 6.45) is 5.22. The Labute approximate surface area is 246 Å². The largest absolute Gasteiger partial charge is 0.444 e. The van der Waals surface area contributed by atoms with Crippen LogP contribution < -0.4 is 11.1 Å². The lowest BCUT2D eigenvalue weighted by Gasteiger charge is -2.29. The molecule has 0 radical (unpaired) electrons. The first-order valence-corrected chi connectivity index (χ1v) is 15.2. The summed E-state index contributed by atoms with van der Waals surface area (Å²) in [4.78, 5) is 28.2. The van der Waals surface area contributed by atoms with Crippen LogP contribution in [-0.2, 0) is 33.3 Å². The van der Waals surface area contributed by atoms with Crippen LogP contribution in [0.4, 0.5) is 15.3 Å². The average molecular weight is 564 g/mol. The van der Waals surface area contributed by atoms with Crippen LogP contribution in [0.1, 0.15) is 103 Å². The molecule has 0 spiro atoms. The minimum Gasteiger partial charge on any atom is -0.444 e. The van der Waals surface area contributed by atoms with E-state index in [1.807, 2.05) is 37.8 Å². The number of carbonyl (C=O) groups is 2. The van der Waals surface area contributed by atoms with Crippen molar-refractivity contribution in [3.63, 3.8) is 0 Å². The normalized spacial score (nSPS) is 19.0. The molecule has 0 aromatic heterocycles. The fourth-order valence-electron chi connectivity index (χ4n) is 5.71. The summed E-state index contributed by atoms with van der Waals surface area (Å²) in [5.41, 5.74) is 10.6. The standard InChI is InChI=1S/C34H49N3O4/c1-8-9-10-12-24-19-23(15-16-27(24)35)20-28(36-30(38)41-33(5,6)7)29-22-37(31(39)40-29)34(17-18-34)26-14-11-13-25(21-26)32(2,3)4/h11,13-16,19,21,28-29H,8-10,12,17-18,20,22,35H2,1-7H3,(H,36,38)/t28-,29?/m0/s1. The van der Waals surface area contributed by atoms with Gasteiger partial charge in [0.05, 0.1) is 18.1 Å². The Kier molecular flexibility index (Phi) is 8.95. The third kappa shape index (κ3) is 7.55. The molecule has 2 aromatic rings. The Morgan fingerprint density at radius 2 is 1.85 bits per heavy atom. The van der Waals surface area contributed by atoms with E-state index in [4.69, 9.17) is 15.2 Å². The average Bonchev–Trinajstić information content (AvgIpc) is 3.59. The van der Waals surface area contributed by atoms with Gasteiger partial charge < -0.3 is 20.5 Å². The summed E-state index contributed by atoms with van der Waals surface area (Å²) < 4.78 is 11.6. The molecule has 1 aliphatic heterocycles. The van der Waals surface area contributed by atoms with Crippen molar-refractivity contribution < 1.29 is 19.1 Å². The van der Waals surface area contributed by atoms with Crippen LogP contribution in [0, 0.1) is 0 Å². The van der Waals surface area contributed by atoms with Crippen molar-refractivity contribution >= 4 is 17.9 Å². The number of aryl methyl sites for hydroxylation is 1. The highest BCUT2D eigenvalue weighted by molar-refractivity contribution is 5.73. The molecule has 7 nitrogen and oxygen atoms in total. The van der Waals surface area contributed by atoms with E-state index < -0.39 is 23.8 Å². The van der Waals surface area contributed by atoms with Crippen LogP contribution in [-0.4, -0.2) is 41.4 Å². The highest BCUT2D eigenvalue weighted by atomic mass is 16.6. The van der Waals surface area contributed by atoms with Gasteiger partial charge in [-0.3, -0.25) is 4.90 Å². The zero-order chi connectivity index (χ0) is 30.0. The zero-order valence-corrected chi connectivity index (χ0v) is 26.0. The number of nitrogens with two attached hydrogens (primary N) is 1. The predicted octanol–water partition coefficient (Wildman–Crippen LogP) is 7.24. The maximum absolute atomic E-state index is 13.4. The molecule has 2 atom stereocenters. The molecule has 1 saturated heterocycles. The number of nitrogen functional groups attached to an aromatic ring is 1. The number of nitrogens with one attached hydrogen (secondary N) is 1. The summed E-state index contributed by atoms with van der Waals surface area (Å²) in [6, 6.07) is 14.2. The summed E-state index contributed by atoms with van der Waals surface area (Å²) in [5, 5.41) is 3.04. The van der Waals surface area contributed by atoms with E-state index >= 15 is 0 Å². The molecule has 224 valence electrons. The van der Waals surface area contributed by atoms with E-state index in [2.05, 4.69) is 63.3 Å². The number of alkyl carbamates (subject to hydrolysis) is 1. The summed E-state index contributed by atoms with van der Waals surface area (Å²) in [5.74, 6) is 0. The van der Waals surface area contributed by atoms with E-state index in [1.54, 1.807) is 0 Å². The van der Waals surface area contributed by atoms with Gasteiger partial charge in [-0.25, -0.2) is 9.59 Å². The van der Waals surface area contributed by atoms with E-state index in [0.717, 1.165) is 60.9 Å². The molecule has 0 bridgehead atoms. The summed E-state index contributed by atoms with van der Waals surface area (Å²) in [7, 11) is 0. The minimum atomic E-state index is -0.642. The number of rotatable bonds is 10. The molecule has 4 rings (SSSR count). The monoisotopic (exact) mass is 563 g/mol. The number of unbranched alkanes of at least 4 members (excludes halogenated alkanes) is 2. The maximum Gasteiger partial charge on any atom is 0.411 e. The topological polar surface area (TPSA) is 93.9 Å². The first-order chi connectivity index (χ1) is 19.2. The Bertz CT molecular complexity index is 1240. The van der Waals surface area contributed by atoms with Crippen molar-refractivity contribution in [1.29, 1.82) is 0 Å². The van der Waals surface area contributed by atoms with Crippen molar-refractivity contribution in [3.05, 3.63) is 64.7 Å². The summed E-state index contributed by atoms with van der Waals surface area (Å²) >= 11 is 0. The number of anilines is 1. The highest BCUT2D eigenvalue weighted by Gasteiger charge is 2.56. The van der Waals surface area contributed by atoms with Gasteiger partial charge in [0.15, 0.2) is 0 Å². The molecule has 7 heteroatoms. The van der Waals surface area contributed by atoms with E-state index in [1.165, 1.54) is 5.56 Å². The van der Waals surface area contributed by atoms with Gasteiger partial charge in [-0.05, 0) is 86.6 Å². The van der Waals surface area contributed by atoms with Gasteiger partial charge in [-0.15, -0.1) is 0 Å². The second-order valence-corrected chi connectivity index (χ2v) is 13.8. The Morgan fingerprint density at radius 1 is 1.12 bits per heavy atom. The third-order valence-corrected chi connectivity index (χ3v) is 8.20. The third-order valence-electron chi connectivity index (χ3n) is 8.20. The van der Waals surface area contributed by atoms with Crippen molar-refractivity contribution in [3.8, 4) is 0 Å². The van der Waals surface area contributed by atoms with Gasteiger partial charge in [-0.1, -0.05) is 76.9 Å². The molecule has 2 amide bonds. The van der Waals surface area contributed by atoms with E-state index in [-0.39, 0.29) is 17.0 Å². The number of nitrogens with zero attached hydrogens (tertiary/aromatic N) is 1. The molecule has 2 aromatic carbocycles. The van der Waals surface area contributed by atoms with Crippen LogP contribution in [0.25, 0.3) is 0 Å². The number of hydrogen-bond acceptors (Lipinski definition) is 5. The fourth-order valence-corrected chi connectivity index (χ4v) is 5.71. The quantitative estimate of drug-likeness (QED) is 0.235. The Balaban J connectivity index is 1.57. The molecule has 1 heterocycles. The van der Waals surface area contributed by atoms with Crippen molar-refractivity contribution in [1.82, 2.24) is 10.2 Å². The molecular weight excluding hydrogens is 514 g/mol. The van der Waals surface area contributed by atoms with Crippen molar-refractivity contribution in [2.24, 2.45) is 0 Å². The first-order valence-electron chi connectivity index (χ1n) is 15.2. The number of carbonyl (C=O) groups excluding carboxylic acids is 2. The molecular formula is C34H49N3O4. The lowest BCUT2D eigenvalue weighted by molar-refractivity contribution is 0.0436. The summed E-state index contributed by atoms with van der Waals surface area (Å²) in [6.45, 7) is 14.7. The van der Waals surface area contributed by atoms with Crippen molar-refractivity contribution in [2.45, 2.75) is 122 Å². The molecule has 1 saturated carbocycles. The minimum absolute atomic E-state index is 0.0110. The molecule has 1 aliphatic carbocycles. The number of amides is 2. The number of benzene rings is 2. The van der Waals surface area contributed by atoms with Gasteiger partial charge in [0.1, 0.15) is 11.7 Å². The van der Waals surface area contributed by atoms with Gasteiger partial charge in [0.2, 0.25) is 0 Å². The SMILES string of the molecule is CCCCCc1cc(C[C@H](NC(=O)OC(C)(C)C)C2CN(C3(c4cccc(C(C)(C)C)c4)CC3)C(=O)O2)ccc1N. The molecule has 2 aliphatic rings. The lowest BCUT2D eigenvalue weighted by atomic mass is 9.85. The number of hydrogen-bond donors (Lipinski definition) is 2. The lowest BCUT2D eigenvalue weighted by Crippen LogP contribution is -2.48. The van der Waals surface area contributed by atoms with Crippen LogP contribution in [0.2, 0.25) is 0 Å². The molecule has 41 heavy (non-hydrogen) atoms. The van der Waals surface area contributed by atoms with E-state index in [0.29, 0.717) is 13.0 Å². The smallest absolute Gasteiger partial charge is 0.411 e. The highest BCUT2D eigenvalue weighted by Crippen LogP contribution is 2.53. The van der Waals surface area contributed by atoms with Gasteiger partial charge in [-0.2, -0.15) is 0 Å². The first kappa shape index (κ1) is 30.7. The van der Waals surface area contributed by atoms with Crippen LogP contribution >= 0.6 is 0 Å². The Morgan fingerprint density at radius 3 is 2.49 bits per heavy atom. The van der Waals surface area contributed by atoms with Crippen LogP contribution in [0.15, 0.2) is 42.5 Å².